The molecule has 0 aromatic heterocycles. The Hall–Kier alpha value is -1.26. The molecule has 0 rings (SSSR count). The molecule has 0 saturated heterocycles. The van der Waals surface area contributed by atoms with Crippen LogP contribution in [0, 0.1) is 0 Å². The topological polar surface area (TPSA) is 73.7 Å². The van der Waals surface area contributed by atoms with E-state index in [-0.39, 0.29) is 6.42 Å². The fourth-order valence-electron chi connectivity index (χ4n) is 1.09. The average molecular weight is 215 g/mol. The third kappa shape index (κ3) is 9.05. The lowest BCUT2D eigenvalue weighted by Gasteiger charge is -2.08. The fourth-order valence-corrected chi connectivity index (χ4v) is 1.09. The maximum atomic E-state index is 10.2. The summed E-state index contributed by atoms with van der Waals surface area (Å²) in [5.41, 5.74) is 0. The van der Waals surface area contributed by atoms with Crippen molar-refractivity contribution in [2.75, 3.05) is 19.6 Å². The Morgan fingerprint density at radius 2 is 1.80 bits per heavy atom. The second-order valence-electron chi connectivity index (χ2n) is 3.14. The molecule has 0 unspecified atom stereocenters. The van der Waals surface area contributed by atoms with E-state index in [0.29, 0.717) is 13.0 Å². The van der Waals surface area contributed by atoms with Gasteiger partial charge in [-0.3, -0.25) is 9.79 Å². The van der Waals surface area contributed by atoms with E-state index in [4.69, 9.17) is 5.11 Å². The Labute approximate surface area is 91.0 Å². The van der Waals surface area contributed by atoms with Gasteiger partial charge in [-0.1, -0.05) is 0 Å². The molecule has 0 radical (unpaired) electrons. The summed E-state index contributed by atoms with van der Waals surface area (Å²) in [5, 5.41) is 14.6. The molecule has 0 aromatic rings. The highest BCUT2D eigenvalue weighted by molar-refractivity contribution is 5.79. The number of hydrogen-bond acceptors (Lipinski definition) is 2. The van der Waals surface area contributed by atoms with Crippen LogP contribution in [0.15, 0.2) is 4.99 Å². The Bertz CT molecular complexity index is 197. The predicted molar refractivity (Wildman–Crippen MR) is 61.1 cm³/mol. The van der Waals surface area contributed by atoms with Gasteiger partial charge in [0.05, 0.1) is 0 Å². The van der Waals surface area contributed by atoms with Gasteiger partial charge in [-0.25, -0.2) is 0 Å². The van der Waals surface area contributed by atoms with Gasteiger partial charge in [0.15, 0.2) is 5.96 Å². The molecule has 0 heterocycles. The van der Waals surface area contributed by atoms with Crippen LogP contribution >= 0.6 is 0 Å². The molecule has 0 amide bonds. The highest BCUT2D eigenvalue weighted by Crippen LogP contribution is 1.95. The SMILES string of the molecule is CCNC(=NCCCCC(=O)O)NCC. The Kier molecular flexibility index (Phi) is 8.52. The summed E-state index contributed by atoms with van der Waals surface area (Å²) in [7, 11) is 0. The molecule has 5 heteroatoms. The number of aliphatic carboxylic acids is 1. The Morgan fingerprint density at radius 3 is 2.27 bits per heavy atom. The fraction of sp³-hybridized carbons (Fsp3) is 0.800. The van der Waals surface area contributed by atoms with E-state index >= 15 is 0 Å². The zero-order valence-electron chi connectivity index (χ0n) is 9.55. The van der Waals surface area contributed by atoms with Gasteiger partial charge >= 0.3 is 5.97 Å². The minimum Gasteiger partial charge on any atom is -0.481 e. The molecule has 0 saturated carbocycles. The van der Waals surface area contributed by atoms with Crippen LogP contribution in [-0.4, -0.2) is 36.7 Å². The van der Waals surface area contributed by atoms with Crippen molar-refractivity contribution in [1.29, 1.82) is 0 Å². The monoisotopic (exact) mass is 215 g/mol. The van der Waals surface area contributed by atoms with E-state index in [0.717, 1.165) is 25.5 Å². The van der Waals surface area contributed by atoms with Gasteiger partial charge in [-0.2, -0.15) is 0 Å². The largest absolute Gasteiger partial charge is 0.481 e. The van der Waals surface area contributed by atoms with Crippen molar-refractivity contribution >= 4 is 11.9 Å². The first-order valence-electron chi connectivity index (χ1n) is 5.44. The van der Waals surface area contributed by atoms with Gasteiger partial charge in [-0.15, -0.1) is 0 Å². The molecular formula is C10H21N3O2. The summed E-state index contributed by atoms with van der Waals surface area (Å²) in [6.07, 6.45) is 1.73. The van der Waals surface area contributed by atoms with Crippen LogP contribution in [0.25, 0.3) is 0 Å². The standard InChI is InChI=1S/C10H21N3O2/c1-3-11-10(12-4-2)13-8-6-5-7-9(14)15/h3-8H2,1-2H3,(H,14,15)(H2,11,12,13). The maximum absolute atomic E-state index is 10.2. The molecule has 88 valence electrons. The third-order valence-electron chi connectivity index (χ3n) is 1.76. The van der Waals surface area contributed by atoms with Gasteiger partial charge < -0.3 is 15.7 Å². The molecular weight excluding hydrogens is 194 g/mol. The number of carbonyl (C=O) groups is 1. The van der Waals surface area contributed by atoms with Gasteiger partial charge in [-0.05, 0) is 26.7 Å². The summed E-state index contributed by atoms with van der Waals surface area (Å²) >= 11 is 0. The van der Waals surface area contributed by atoms with E-state index in [1.165, 1.54) is 0 Å². The summed E-state index contributed by atoms with van der Waals surface area (Å²) < 4.78 is 0. The van der Waals surface area contributed by atoms with Crippen LogP contribution in [0.5, 0.6) is 0 Å². The number of carboxylic acids is 1. The van der Waals surface area contributed by atoms with E-state index in [9.17, 15) is 4.79 Å². The number of guanidine groups is 1. The Morgan fingerprint density at radius 1 is 1.20 bits per heavy atom. The molecule has 0 aliphatic carbocycles. The number of nitrogens with zero attached hydrogens (tertiary/aromatic N) is 1. The highest BCUT2D eigenvalue weighted by Gasteiger charge is 1.96. The van der Waals surface area contributed by atoms with Crippen LogP contribution < -0.4 is 10.6 Å². The van der Waals surface area contributed by atoms with E-state index < -0.39 is 5.97 Å². The molecule has 0 spiro atoms. The zero-order valence-corrected chi connectivity index (χ0v) is 9.55. The molecule has 3 N–H and O–H groups in total. The van der Waals surface area contributed by atoms with Gasteiger partial charge in [0.1, 0.15) is 0 Å². The highest BCUT2D eigenvalue weighted by atomic mass is 16.4. The number of aliphatic imine (C=N–C) groups is 1. The number of unbranched alkanes of at least 4 members (excludes halogenated alkanes) is 1. The lowest BCUT2D eigenvalue weighted by atomic mass is 10.2. The zero-order chi connectivity index (χ0) is 11.5. The van der Waals surface area contributed by atoms with Crippen molar-refractivity contribution in [3.63, 3.8) is 0 Å². The number of rotatable bonds is 7. The summed E-state index contributed by atoms with van der Waals surface area (Å²) in [4.78, 5) is 14.5. The van der Waals surface area contributed by atoms with Crippen molar-refractivity contribution in [3.8, 4) is 0 Å². The van der Waals surface area contributed by atoms with Gasteiger partial charge in [0, 0.05) is 26.1 Å². The summed E-state index contributed by atoms with van der Waals surface area (Å²) in [6, 6.07) is 0. The van der Waals surface area contributed by atoms with Gasteiger partial charge in [0.2, 0.25) is 0 Å². The van der Waals surface area contributed by atoms with Crippen molar-refractivity contribution in [2.24, 2.45) is 4.99 Å². The quantitative estimate of drug-likeness (QED) is 0.334. The Balaban J connectivity index is 3.64. The van der Waals surface area contributed by atoms with E-state index in [1.807, 2.05) is 13.8 Å². The maximum Gasteiger partial charge on any atom is 0.303 e. The second-order valence-corrected chi connectivity index (χ2v) is 3.14. The molecule has 0 aliphatic heterocycles. The lowest BCUT2D eigenvalue weighted by molar-refractivity contribution is -0.137. The molecule has 15 heavy (non-hydrogen) atoms. The van der Waals surface area contributed by atoms with Crippen molar-refractivity contribution in [1.82, 2.24) is 10.6 Å². The van der Waals surface area contributed by atoms with Crippen LogP contribution in [0.2, 0.25) is 0 Å². The minimum absolute atomic E-state index is 0.229. The second kappa shape index (κ2) is 9.30. The molecule has 0 bridgehead atoms. The molecule has 0 aromatic carbocycles. The van der Waals surface area contributed by atoms with Crippen molar-refractivity contribution < 1.29 is 9.90 Å². The summed E-state index contributed by atoms with van der Waals surface area (Å²) in [5.74, 6) is 0.0629. The number of carboxylic acid groups (broad SMARTS) is 1. The molecule has 5 nitrogen and oxygen atoms in total. The van der Waals surface area contributed by atoms with Gasteiger partial charge in [0.25, 0.3) is 0 Å². The first-order chi connectivity index (χ1) is 7.20. The predicted octanol–water partition coefficient (Wildman–Crippen LogP) is 0.816. The van der Waals surface area contributed by atoms with E-state index in [2.05, 4.69) is 15.6 Å². The van der Waals surface area contributed by atoms with Crippen LogP contribution in [-0.2, 0) is 4.79 Å². The van der Waals surface area contributed by atoms with Crippen molar-refractivity contribution in [2.45, 2.75) is 33.1 Å². The van der Waals surface area contributed by atoms with Crippen LogP contribution in [0.1, 0.15) is 33.1 Å². The van der Waals surface area contributed by atoms with Crippen LogP contribution in [0.4, 0.5) is 0 Å². The molecule has 0 aliphatic rings. The van der Waals surface area contributed by atoms with Crippen LogP contribution in [0.3, 0.4) is 0 Å². The number of hydrogen-bond donors (Lipinski definition) is 3. The molecule has 0 fully saturated rings. The first kappa shape index (κ1) is 13.7. The number of nitrogens with one attached hydrogen (secondary N) is 2. The summed E-state index contributed by atoms with van der Waals surface area (Å²) in [6.45, 7) is 6.36. The third-order valence-corrected chi connectivity index (χ3v) is 1.76. The minimum atomic E-state index is -0.738. The van der Waals surface area contributed by atoms with E-state index in [1.54, 1.807) is 0 Å². The molecule has 0 atom stereocenters. The normalized spacial score (nSPS) is 9.47. The lowest BCUT2D eigenvalue weighted by Crippen LogP contribution is -2.37. The van der Waals surface area contributed by atoms with Crippen molar-refractivity contribution in [3.05, 3.63) is 0 Å². The average Bonchev–Trinajstić information content (AvgIpc) is 2.17. The first-order valence-corrected chi connectivity index (χ1v) is 5.44. The smallest absolute Gasteiger partial charge is 0.303 e.